The predicted molar refractivity (Wildman–Crippen MR) is 95.0 cm³/mol. The van der Waals surface area contributed by atoms with Crippen LogP contribution in [0.3, 0.4) is 0 Å². The molecule has 2 aliphatic rings. The molecule has 0 spiro atoms. The van der Waals surface area contributed by atoms with Crippen molar-refractivity contribution in [3.05, 3.63) is 42.2 Å². The maximum Gasteiger partial charge on any atom is 0.225 e. The molecule has 1 aromatic carbocycles. The average Bonchev–Trinajstić information content (AvgIpc) is 3.18. The minimum absolute atomic E-state index is 0.846. The van der Waals surface area contributed by atoms with Gasteiger partial charge in [-0.25, -0.2) is 9.97 Å². The summed E-state index contributed by atoms with van der Waals surface area (Å²) >= 11 is 0. The van der Waals surface area contributed by atoms with Crippen LogP contribution in [0, 0.1) is 0 Å². The van der Waals surface area contributed by atoms with Gasteiger partial charge in [-0.05, 0) is 24.0 Å². The molecule has 0 unspecified atom stereocenters. The summed E-state index contributed by atoms with van der Waals surface area (Å²) in [5.41, 5.74) is 3.60. The summed E-state index contributed by atoms with van der Waals surface area (Å²) in [5, 5.41) is 0. The van der Waals surface area contributed by atoms with Gasteiger partial charge < -0.3 is 9.64 Å². The lowest BCUT2D eigenvalue weighted by Gasteiger charge is -2.26. The van der Waals surface area contributed by atoms with Gasteiger partial charge in [-0.2, -0.15) is 0 Å². The van der Waals surface area contributed by atoms with Crippen molar-refractivity contribution >= 4 is 5.95 Å². The molecule has 0 saturated carbocycles. The zero-order chi connectivity index (χ0) is 16.2. The van der Waals surface area contributed by atoms with E-state index in [4.69, 9.17) is 4.74 Å². The van der Waals surface area contributed by atoms with Crippen molar-refractivity contribution in [2.75, 3.05) is 44.3 Å². The van der Waals surface area contributed by atoms with Crippen LogP contribution in [0.5, 0.6) is 0 Å². The molecular weight excluding hydrogens is 300 g/mol. The van der Waals surface area contributed by atoms with Crippen LogP contribution in [0.2, 0.25) is 0 Å². The van der Waals surface area contributed by atoms with Crippen molar-refractivity contribution in [3.8, 4) is 11.1 Å². The number of hydrogen-bond acceptors (Lipinski definition) is 5. The number of hydrogen-bond donors (Lipinski definition) is 0. The Balaban J connectivity index is 1.42. The van der Waals surface area contributed by atoms with E-state index in [-0.39, 0.29) is 0 Å². The molecule has 2 fully saturated rings. The second-order valence-electron chi connectivity index (χ2n) is 6.55. The van der Waals surface area contributed by atoms with E-state index in [1.165, 1.54) is 24.0 Å². The molecule has 0 aliphatic carbocycles. The summed E-state index contributed by atoms with van der Waals surface area (Å²) in [4.78, 5) is 13.8. The summed E-state index contributed by atoms with van der Waals surface area (Å²) in [7, 11) is 0. The van der Waals surface area contributed by atoms with Crippen molar-refractivity contribution in [2.24, 2.45) is 0 Å². The van der Waals surface area contributed by atoms with E-state index in [0.29, 0.717) is 0 Å². The first-order chi connectivity index (χ1) is 11.9. The third kappa shape index (κ3) is 3.57. The van der Waals surface area contributed by atoms with Crippen molar-refractivity contribution in [2.45, 2.75) is 19.4 Å². The molecule has 1 aromatic heterocycles. The zero-order valence-corrected chi connectivity index (χ0v) is 14.0. The Morgan fingerprint density at radius 3 is 2.17 bits per heavy atom. The smallest absolute Gasteiger partial charge is 0.225 e. The standard InChI is InChI=1S/C19H24N4O/c1-2-8-23(7-1)19-20-13-18(14-21-19)17-5-3-16(4-6-17)15-22-9-11-24-12-10-22/h3-6,13-14H,1-2,7-12,15H2. The quantitative estimate of drug-likeness (QED) is 0.865. The van der Waals surface area contributed by atoms with Crippen molar-refractivity contribution < 1.29 is 4.74 Å². The first-order valence-corrected chi connectivity index (χ1v) is 8.85. The normalized spacial score (nSPS) is 18.9. The number of ether oxygens (including phenoxy) is 1. The zero-order valence-electron chi connectivity index (χ0n) is 14.0. The first kappa shape index (κ1) is 15.5. The van der Waals surface area contributed by atoms with Gasteiger partial charge in [-0.15, -0.1) is 0 Å². The lowest BCUT2D eigenvalue weighted by molar-refractivity contribution is 0.0342. The fourth-order valence-corrected chi connectivity index (χ4v) is 3.37. The predicted octanol–water partition coefficient (Wildman–Crippen LogP) is 2.58. The average molecular weight is 324 g/mol. The van der Waals surface area contributed by atoms with Crippen molar-refractivity contribution in [1.29, 1.82) is 0 Å². The second kappa shape index (κ2) is 7.28. The molecule has 126 valence electrons. The molecule has 5 nitrogen and oxygen atoms in total. The Bertz CT molecular complexity index is 644. The molecule has 5 heteroatoms. The fraction of sp³-hybridized carbons (Fsp3) is 0.474. The van der Waals surface area contributed by atoms with Crippen LogP contribution in [0.4, 0.5) is 5.95 Å². The SMILES string of the molecule is c1cc(-c2cnc(N3CCCC3)nc2)ccc1CN1CCOCC1. The highest BCUT2D eigenvalue weighted by Gasteiger charge is 2.14. The molecular formula is C19H24N4O. The summed E-state index contributed by atoms with van der Waals surface area (Å²) in [6.45, 7) is 6.89. The Morgan fingerprint density at radius 1 is 0.833 bits per heavy atom. The van der Waals surface area contributed by atoms with Crippen LogP contribution >= 0.6 is 0 Å². The van der Waals surface area contributed by atoms with E-state index in [9.17, 15) is 0 Å². The summed E-state index contributed by atoms with van der Waals surface area (Å²) in [5.74, 6) is 0.861. The Labute approximate surface area is 143 Å². The number of anilines is 1. The van der Waals surface area contributed by atoms with E-state index >= 15 is 0 Å². The van der Waals surface area contributed by atoms with Gasteiger partial charge in [0, 0.05) is 50.7 Å². The van der Waals surface area contributed by atoms with E-state index < -0.39 is 0 Å². The van der Waals surface area contributed by atoms with Crippen LogP contribution < -0.4 is 4.90 Å². The van der Waals surface area contributed by atoms with Crippen LogP contribution in [0.1, 0.15) is 18.4 Å². The van der Waals surface area contributed by atoms with Crippen LogP contribution in [0.15, 0.2) is 36.7 Å². The molecule has 0 radical (unpaired) electrons. The van der Waals surface area contributed by atoms with Crippen molar-refractivity contribution in [3.63, 3.8) is 0 Å². The maximum atomic E-state index is 5.40. The van der Waals surface area contributed by atoms with Gasteiger partial charge in [0.1, 0.15) is 0 Å². The third-order valence-electron chi connectivity index (χ3n) is 4.82. The Kier molecular flexibility index (Phi) is 4.71. The second-order valence-corrected chi connectivity index (χ2v) is 6.55. The van der Waals surface area contributed by atoms with Gasteiger partial charge in [0.15, 0.2) is 0 Å². The summed E-state index contributed by atoms with van der Waals surface area (Å²) < 4.78 is 5.40. The maximum absolute atomic E-state index is 5.40. The topological polar surface area (TPSA) is 41.5 Å². The van der Waals surface area contributed by atoms with Crippen LogP contribution in [0.25, 0.3) is 11.1 Å². The van der Waals surface area contributed by atoms with Gasteiger partial charge in [0.25, 0.3) is 0 Å². The molecule has 24 heavy (non-hydrogen) atoms. The number of benzene rings is 1. The summed E-state index contributed by atoms with van der Waals surface area (Å²) in [6.07, 6.45) is 6.38. The van der Waals surface area contributed by atoms with Gasteiger partial charge in [-0.3, -0.25) is 4.90 Å². The van der Waals surface area contributed by atoms with E-state index in [1.807, 2.05) is 12.4 Å². The first-order valence-electron chi connectivity index (χ1n) is 8.85. The largest absolute Gasteiger partial charge is 0.379 e. The molecule has 0 atom stereocenters. The minimum atomic E-state index is 0.846. The molecule has 0 bridgehead atoms. The molecule has 0 N–H and O–H groups in total. The molecule has 2 aliphatic heterocycles. The fourth-order valence-electron chi connectivity index (χ4n) is 3.37. The van der Waals surface area contributed by atoms with E-state index in [0.717, 1.165) is 57.4 Å². The molecule has 2 aromatic rings. The highest BCUT2D eigenvalue weighted by Crippen LogP contribution is 2.21. The Hall–Kier alpha value is -1.98. The molecule has 4 rings (SSSR count). The number of morpholine rings is 1. The lowest BCUT2D eigenvalue weighted by atomic mass is 10.1. The highest BCUT2D eigenvalue weighted by molar-refractivity contribution is 5.62. The van der Waals surface area contributed by atoms with Gasteiger partial charge >= 0.3 is 0 Å². The van der Waals surface area contributed by atoms with Crippen LogP contribution in [-0.2, 0) is 11.3 Å². The molecule has 2 saturated heterocycles. The van der Waals surface area contributed by atoms with Gasteiger partial charge in [-0.1, -0.05) is 24.3 Å². The Morgan fingerprint density at radius 2 is 1.50 bits per heavy atom. The highest BCUT2D eigenvalue weighted by atomic mass is 16.5. The van der Waals surface area contributed by atoms with Gasteiger partial charge in [0.2, 0.25) is 5.95 Å². The van der Waals surface area contributed by atoms with Crippen LogP contribution in [-0.4, -0.2) is 54.3 Å². The lowest BCUT2D eigenvalue weighted by Crippen LogP contribution is -2.35. The third-order valence-corrected chi connectivity index (χ3v) is 4.82. The monoisotopic (exact) mass is 324 g/mol. The molecule has 0 amide bonds. The molecule has 3 heterocycles. The van der Waals surface area contributed by atoms with Crippen molar-refractivity contribution in [1.82, 2.24) is 14.9 Å². The number of rotatable bonds is 4. The van der Waals surface area contributed by atoms with Gasteiger partial charge in [0.05, 0.1) is 13.2 Å². The minimum Gasteiger partial charge on any atom is -0.379 e. The van der Waals surface area contributed by atoms with E-state index in [2.05, 4.69) is 44.0 Å². The number of nitrogens with zero attached hydrogens (tertiary/aromatic N) is 4. The van der Waals surface area contributed by atoms with E-state index in [1.54, 1.807) is 0 Å². The number of aromatic nitrogens is 2. The summed E-state index contributed by atoms with van der Waals surface area (Å²) in [6, 6.07) is 8.76.